The van der Waals surface area contributed by atoms with Gasteiger partial charge in [0.2, 0.25) is 0 Å². The fourth-order valence-corrected chi connectivity index (χ4v) is 1.74. The first-order chi connectivity index (χ1) is 7.65. The fraction of sp³-hybridized carbons (Fsp3) is 0.571. The highest BCUT2D eigenvalue weighted by molar-refractivity contribution is 5.26. The van der Waals surface area contributed by atoms with Gasteiger partial charge in [0, 0.05) is 18.6 Å². The molecule has 0 aliphatic rings. The molecule has 0 saturated carbocycles. The van der Waals surface area contributed by atoms with E-state index < -0.39 is 0 Å². The monoisotopic (exact) mass is 220 g/mol. The van der Waals surface area contributed by atoms with E-state index in [0.29, 0.717) is 6.54 Å². The third-order valence-electron chi connectivity index (χ3n) is 3.60. The summed E-state index contributed by atoms with van der Waals surface area (Å²) in [7, 11) is 0. The zero-order chi connectivity index (χ0) is 12.0. The van der Waals surface area contributed by atoms with E-state index in [-0.39, 0.29) is 5.54 Å². The highest BCUT2D eigenvalue weighted by atomic mass is 15.0. The molecule has 1 aromatic carbocycles. The van der Waals surface area contributed by atoms with E-state index in [1.54, 1.807) is 0 Å². The Bertz CT molecular complexity index is 316. The largest absolute Gasteiger partial charge is 0.326 e. The zero-order valence-electron chi connectivity index (χ0n) is 10.7. The van der Waals surface area contributed by atoms with Crippen LogP contribution >= 0.6 is 0 Å². The first-order valence-corrected chi connectivity index (χ1v) is 6.17. The lowest BCUT2D eigenvalue weighted by molar-refractivity contribution is 0.329. The van der Waals surface area contributed by atoms with Gasteiger partial charge in [0.15, 0.2) is 0 Å². The van der Waals surface area contributed by atoms with Gasteiger partial charge < -0.3 is 11.1 Å². The van der Waals surface area contributed by atoms with Crippen LogP contribution in [0.25, 0.3) is 0 Å². The number of nitrogens with one attached hydrogen (secondary N) is 1. The van der Waals surface area contributed by atoms with Crippen LogP contribution in [0.5, 0.6) is 0 Å². The highest BCUT2D eigenvalue weighted by Crippen LogP contribution is 2.16. The van der Waals surface area contributed by atoms with Crippen molar-refractivity contribution >= 4 is 0 Å². The number of hydrogen-bond donors (Lipinski definition) is 2. The van der Waals surface area contributed by atoms with E-state index >= 15 is 0 Å². The first kappa shape index (κ1) is 13.2. The van der Waals surface area contributed by atoms with Gasteiger partial charge in [0.25, 0.3) is 0 Å². The molecule has 2 heteroatoms. The first-order valence-electron chi connectivity index (χ1n) is 6.17. The normalized spacial score (nSPS) is 11.8. The highest BCUT2D eigenvalue weighted by Gasteiger charge is 2.18. The van der Waals surface area contributed by atoms with Gasteiger partial charge in [0.05, 0.1) is 0 Å². The Morgan fingerprint density at radius 2 is 1.69 bits per heavy atom. The van der Waals surface area contributed by atoms with Crippen molar-refractivity contribution in [2.75, 3.05) is 0 Å². The van der Waals surface area contributed by atoms with Crippen molar-refractivity contribution in [1.29, 1.82) is 0 Å². The summed E-state index contributed by atoms with van der Waals surface area (Å²) in [6, 6.07) is 8.38. The van der Waals surface area contributed by atoms with Crippen LogP contribution in [0.15, 0.2) is 24.3 Å². The Hall–Kier alpha value is -0.860. The lowest BCUT2D eigenvalue weighted by atomic mass is 9.95. The van der Waals surface area contributed by atoms with Crippen molar-refractivity contribution in [3.05, 3.63) is 35.4 Å². The van der Waals surface area contributed by atoms with Gasteiger partial charge in [-0.25, -0.2) is 0 Å². The van der Waals surface area contributed by atoms with Gasteiger partial charge in [-0.05, 0) is 30.9 Å². The maximum Gasteiger partial charge on any atom is 0.0213 e. The molecule has 1 rings (SSSR count). The van der Waals surface area contributed by atoms with Crippen LogP contribution in [0.4, 0.5) is 0 Å². The molecule has 3 N–H and O–H groups in total. The molecule has 0 amide bonds. The second-order valence-corrected chi connectivity index (χ2v) is 4.59. The van der Waals surface area contributed by atoms with Crippen molar-refractivity contribution in [3.8, 4) is 0 Å². The Balaban J connectivity index is 2.67. The summed E-state index contributed by atoms with van der Waals surface area (Å²) in [5.41, 5.74) is 8.52. The van der Waals surface area contributed by atoms with Gasteiger partial charge in [0.1, 0.15) is 0 Å². The van der Waals surface area contributed by atoms with Crippen LogP contribution in [0, 0.1) is 0 Å². The fourth-order valence-electron chi connectivity index (χ4n) is 1.74. The molecule has 0 atom stereocenters. The van der Waals surface area contributed by atoms with Gasteiger partial charge >= 0.3 is 0 Å². The van der Waals surface area contributed by atoms with E-state index in [0.717, 1.165) is 19.4 Å². The summed E-state index contributed by atoms with van der Waals surface area (Å²) in [5.74, 6) is 0. The molecule has 0 spiro atoms. The molecule has 0 radical (unpaired) electrons. The number of hydrogen-bond acceptors (Lipinski definition) is 2. The molecule has 0 unspecified atom stereocenters. The summed E-state index contributed by atoms with van der Waals surface area (Å²) in [6.45, 7) is 8.26. The third-order valence-corrected chi connectivity index (χ3v) is 3.60. The second kappa shape index (κ2) is 6.02. The average Bonchev–Trinajstić information content (AvgIpc) is 2.36. The lowest BCUT2D eigenvalue weighted by Crippen LogP contribution is -2.40. The standard InChI is InChI=1S/C14H24N2/c1-4-14(3,5-2)16-11-13-9-7-6-8-12(13)10-15/h6-9,16H,4-5,10-11,15H2,1-3H3. The van der Waals surface area contributed by atoms with E-state index in [1.807, 2.05) is 6.07 Å². The van der Waals surface area contributed by atoms with Crippen molar-refractivity contribution in [1.82, 2.24) is 5.32 Å². The van der Waals surface area contributed by atoms with Crippen molar-refractivity contribution < 1.29 is 0 Å². The van der Waals surface area contributed by atoms with Crippen LogP contribution in [-0.2, 0) is 13.1 Å². The summed E-state index contributed by atoms with van der Waals surface area (Å²) in [5, 5.41) is 3.63. The maximum absolute atomic E-state index is 5.73. The summed E-state index contributed by atoms with van der Waals surface area (Å²) in [6.07, 6.45) is 2.29. The summed E-state index contributed by atoms with van der Waals surface area (Å²) >= 11 is 0. The van der Waals surface area contributed by atoms with Gasteiger partial charge in [-0.15, -0.1) is 0 Å². The lowest BCUT2D eigenvalue weighted by Gasteiger charge is -2.29. The molecule has 0 heterocycles. The zero-order valence-corrected chi connectivity index (χ0v) is 10.7. The SMILES string of the molecule is CCC(C)(CC)NCc1ccccc1CN. The molecule has 0 bridgehead atoms. The predicted molar refractivity (Wildman–Crippen MR) is 70.2 cm³/mol. The molecule has 0 aromatic heterocycles. The van der Waals surface area contributed by atoms with Crippen molar-refractivity contribution in [2.45, 2.75) is 52.2 Å². The molecule has 16 heavy (non-hydrogen) atoms. The van der Waals surface area contributed by atoms with E-state index in [4.69, 9.17) is 5.73 Å². The summed E-state index contributed by atoms with van der Waals surface area (Å²) < 4.78 is 0. The smallest absolute Gasteiger partial charge is 0.0213 e. The molecule has 0 saturated heterocycles. The van der Waals surface area contributed by atoms with Gasteiger partial charge in [-0.3, -0.25) is 0 Å². The van der Waals surface area contributed by atoms with E-state index in [2.05, 4.69) is 44.3 Å². The molecule has 2 nitrogen and oxygen atoms in total. The Labute approximate surface area is 99.2 Å². The Kier molecular flexibility index (Phi) is 4.97. The molecular weight excluding hydrogens is 196 g/mol. The van der Waals surface area contributed by atoms with Crippen molar-refractivity contribution in [2.24, 2.45) is 5.73 Å². The number of nitrogens with two attached hydrogens (primary N) is 1. The Morgan fingerprint density at radius 1 is 1.12 bits per heavy atom. The summed E-state index contributed by atoms with van der Waals surface area (Å²) in [4.78, 5) is 0. The van der Waals surface area contributed by atoms with Gasteiger partial charge in [-0.2, -0.15) is 0 Å². The quantitative estimate of drug-likeness (QED) is 0.773. The molecule has 1 aromatic rings. The molecule has 0 fully saturated rings. The van der Waals surface area contributed by atoms with Gasteiger partial charge in [-0.1, -0.05) is 38.1 Å². The number of rotatable bonds is 6. The topological polar surface area (TPSA) is 38.0 Å². The minimum Gasteiger partial charge on any atom is -0.326 e. The van der Waals surface area contributed by atoms with Crippen LogP contribution in [0.1, 0.15) is 44.7 Å². The van der Waals surface area contributed by atoms with Crippen molar-refractivity contribution in [3.63, 3.8) is 0 Å². The van der Waals surface area contributed by atoms with Crippen LogP contribution in [0.2, 0.25) is 0 Å². The van der Waals surface area contributed by atoms with Crippen LogP contribution in [0.3, 0.4) is 0 Å². The molecule has 0 aliphatic carbocycles. The minimum atomic E-state index is 0.238. The number of benzene rings is 1. The average molecular weight is 220 g/mol. The van der Waals surface area contributed by atoms with Crippen LogP contribution < -0.4 is 11.1 Å². The minimum absolute atomic E-state index is 0.238. The molecular formula is C14H24N2. The molecule has 0 aliphatic heterocycles. The van der Waals surface area contributed by atoms with E-state index in [1.165, 1.54) is 11.1 Å². The molecule has 90 valence electrons. The predicted octanol–water partition coefficient (Wildman–Crippen LogP) is 2.81. The maximum atomic E-state index is 5.73. The van der Waals surface area contributed by atoms with Crippen LogP contribution in [-0.4, -0.2) is 5.54 Å². The third kappa shape index (κ3) is 3.32. The Morgan fingerprint density at radius 3 is 2.19 bits per heavy atom. The second-order valence-electron chi connectivity index (χ2n) is 4.59. The van der Waals surface area contributed by atoms with E-state index in [9.17, 15) is 0 Å².